The topological polar surface area (TPSA) is 72.6 Å². The van der Waals surface area contributed by atoms with Gasteiger partial charge in [-0.25, -0.2) is 18.6 Å². The third kappa shape index (κ3) is 3.47. The second-order valence-corrected chi connectivity index (χ2v) is 3.81. The molecule has 0 unspecified atom stereocenters. The highest BCUT2D eigenvalue weighted by Gasteiger charge is 2.10. The minimum atomic E-state index is -2.50. The van der Waals surface area contributed by atoms with E-state index >= 15 is 0 Å². The number of halogens is 2. The molecule has 0 saturated carbocycles. The molecule has 0 spiro atoms. The van der Waals surface area contributed by atoms with E-state index in [0.717, 1.165) is 0 Å². The van der Waals surface area contributed by atoms with Crippen LogP contribution in [0.15, 0.2) is 22.6 Å². The first-order valence-corrected chi connectivity index (χ1v) is 5.55. The van der Waals surface area contributed by atoms with Crippen LogP contribution in [0.3, 0.4) is 0 Å². The van der Waals surface area contributed by atoms with Crippen LogP contribution >= 0.6 is 0 Å². The van der Waals surface area contributed by atoms with Crippen LogP contribution in [0.4, 0.5) is 8.78 Å². The summed E-state index contributed by atoms with van der Waals surface area (Å²) in [5.74, 6) is -0.724. The molecule has 102 valence electrons. The van der Waals surface area contributed by atoms with E-state index in [4.69, 9.17) is 14.3 Å². The Morgan fingerprint density at radius 1 is 1.47 bits per heavy atom. The minimum Gasteiger partial charge on any atom is -0.478 e. The van der Waals surface area contributed by atoms with E-state index in [2.05, 4.69) is 4.98 Å². The number of hydrogen-bond acceptors (Lipinski definition) is 4. The molecule has 2 rings (SSSR count). The lowest BCUT2D eigenvalue weighted by Gasteiger charge is -2.00. The lowest BCUT2D eigenvalue weighted by molar-refractivity contribution is 0.0174. The first-order valence-electron chi connectivity index (χ1n) is 5.55. The number of hydrogen-bond donors (Lipinski definition) is 1. The number of fused-ring (bicyclic) bond motifs is 1. The van der Waals surface area contributed by atoms with Crippen LogP contribution in [0.2, 0.25) is 0 Å². The van der Waals surface area contributed by atoms with Crippen molar-refractivity contribution < 1.29 is 27.8 Å². The highest BCUT2D eigenvalue weighted by atomic mass is 19.3. The van der Waals surface area contributed by atoms with Gasteiger partial charge in [0.1, 0.15) is 12.1 Å². The van der Waals surface area contributed by atoms with Gasteiger partial charge in [0.15, 0.2) is 11.5 Å². The fourth-order valence-electron chi connectivity index (χ4n) is 1.55. The summed E-state index contributed by atoms with van der Waals surface area (Å²) in [4.78, 5) is 14.9. The Labute approximate surface area is 106 Å². The largest absolute Gasteiger partial charge is 0.478 e. The average molecular weight is 271 g/mol. The van der Waals surface area contributed by atoms with Gasteiger partial charge in [-0.2, -0.15) is 0 Å². The highest BCUT2D eigenvalue weighted by Crippen LogP contribution is 2.17. The molecule has 0 aliphatic carbocycles. The van der Waals surface area contributed by atoms with Crippen molar-refractivity contribution in [3.05, 3.63) is 29.7 Å². The Morgan fingerprint density at radius 3 is 2.95 bits per heavy atom. The normalized spacial score (nSPS) is 11.3. The molecule has 0 atom stereocenters. The molecule has 0 aliphatic heterocycles. The van der Waals surface area contributed by atoms with E-state index in [1.54, 1.807) is 0 Å². The van der Waals surface area contributed by atoms with E-state index < -0.39 is 19.0 Å². The smallest absolute Gasteiger partial charge is 0.335 e. The van der Waals surface area contributed by atoms with Gasteiger partial charge in [-0.1, -0.05) is 0 Å². The molecule has 19 heavy (non-hydrogen) atoms. The number of rotatable bonds is 6. The number of carboxylic acid groups (broad SMARTS) is 1. The summed E-state index contributed by atoms with van der Waals surface area (Å²) in [6, 6.07) is 4.31. The summed E-state index contributed by atoms with van der Waals surface area (Å²) in [7, 11) is 0. The number of nitrogens with zero attached hydrogens (tertiary/aromatic N) is 1. The van der Waals surface area contributed by atoms with Crippen molar-refractivity contribution in [2.75, 3.05) is 13.2 Å². The lowest BCUT2D eigenvalue weighted by Crippen LogP contribution is -2.07. The van der Waals surface area contributed by atoms with Crippen molar-refractivity contribution >= 4 is 17.1 Å². The molecular formula is C12H11F2NO4. The molecular weight excluding hydrogens is 260 g/mol. The van der Waals surface area contributed by atoms with Gasteiger partial charge in [0.2, 0.25) is 0 Å². The second kappa shape index (κ2) is 5.75. The summed E-state index contributed by atoms with van der Waals surface area (Å²) in [5, 5.41) is 8.83. The van der Waals surface area contributed by atoms with Crippen molar-refractivity contribution in [2.24, 2.45) is 0 Å². The van der Waals surface area contributed by atoms with Gasteiger partial charge in [0.25, 0.3) is 6.43 Å². The van der Waals surface area contributed by atoms with Crippen LogP contribution in [0.1, 0.15) is 16.2 Å². The van der Waals surface area contributed by atoms with E-state index in [1.165, 1.54) is 18.2 Å². The summed E-state index contributed by atoms with van der Waals surface area (Å²) in [6.07, 6.45) is -2.24. The van der Waals surface area contributed by atoms with E-state index in [-0.39, 0.29) is 18.6 Å². The van der Waals surface area contributed by atoms with Gasteiger partial charge >= 0.3 is 5.97 Å². The van der Waals surface area contributed by atoms with Gasteiger partial charge in [-0.3, -0.25) is 0 Å². The number of oxazole rings is 1. The first kappa shape index (κ1) is 13.4. The third-order valence-electron chi connectivity index (χ3n) is 2.38. The number of aromatic nitrogens is 1. The summed E-state index contributed by atoms with van der Waals surface area (Å²) >= 11 is 0. The van der Waals surface area contributed by atoms with Crippen LogP contribution in [0.5, 0.6) is 0 Å². The van der Waals surface area contributed by atoms with Gasteiger partial charge in [-0.15, -0.1) is 0 Å². The summed E-state index contributed by atoms with van der Waals surface area (Å²) in [5.41, 5.74) is 0.985. The number of benzene rings is 1. The standard InChI is InChI=1S/C12H11F2NO4/c13-10(14)6-18-4-3-11-15-8-5-7(12(16)17)1-2-9(8)19-11/h1-2,5,10H,3-4,6H2,(H,16,17). The molecule has 0 aliphatic rings. The molecule has 5 nitrogen and oxygen atoms in total. The fraction of sp³-hybridized carbons (Fsp3) is 0.333. The molecule has 1 N–H and O–H groups in total. The van der Waals surface area contributed by atoms with Crippen LogP contribution in [-0.4, -0.2) is 35.7 Å². The Bertz CT molecular complexity index is 582. The fourth-order valence-corrected chi connectivity index (χ4v) is 1.55. The van der Waals surface area contributed by atoms with Gasteiger partial charge in [0.05, 0.1) is 12.2 Å². The molecule has 7 heteroatoms. The third-order valence-corrected chi connectivity index (χ3v) is 2.38. The Morgan fingerprint density at radius 2 is 2.26 bits per heavy atom. The molecule has 1 aromatic carbocycles. The molecule has 0 radical (unpaired) electrons. The molecule has 0 amide bonds. The SMILES string of the molecule is O=C(O)c1ccc2oc(CCOCC(F)F)nc2c1. The van der Waals surface area contributed by atoms with Gasteiger partial charge in [0, 0.05) is 6.42 Å². The van der Waals surface area contributed by atoms with Crippen LogP contribution < -0.4 is 0 Å². The predicted octanol–water partition coefficient (Wildman–Crippen LogP) is 2.35. The zero-order chi connectivity index (χ0) is 13.8. The zero-order valence-corrected chi connectivity index (χ0v) is 9.81. The first-order chi connectivity index (χ1) is 9.06. The number of aromatic carboxylic acids is 1. The second-order valence-electron chi connectivity index (χ2n) is 3.81. The monoisotopic (exact) mass is 271 g/mol. The number of alkyl halides is 2. The van der Waals surface area contributed by atoms with Crippen molar-refractivity contribution in [1.29, 1.82) is 0 Å². The Kier molecular flexibility index (Phi) is 4.06. The van der Waals surface area contributed by atoms with E-state index in [0.29, 0.717) is 17.0 Å². The number of ether oxygens (including phenoxy) is 1. The Balaban J connectivity index is 2.03. The van der Waals surface area contributed by atoms with Crippen molar-refractivity contribution in [3.63, 3.8) is 0 Å². The zero-order valence-electron chi connectivity index (χ0n) is 9.81. The van der Waals surface area contributed by atoms with Gasteiger partial charge < -0.3 is 14.3 Å². The molecule has 0 saturated heterocycles. The Hall–Kier alpha value is -2.02. The summed E-state index contributed by atoms with van der Waals surface area (Å²) in [6.45, 7) is -0.549. The maximum absolute atomic E-state index is 11.8. The lowest BCUT2D eigenvalue weighted by atomic mass is 10.2. The molecule has 0 bridgehead atoms. The van der Waals surface area contributed by atoms with Crippen LogP contribution in [-0.2, 0) is 11.2 Å². The highest BCUT2D eigenvalue weighted by molar-refractivity contribution is 5.91. The molecule has 1 heterocycles. The van der Waals surface area contributed by atoms with Crippen molar-refractivity contribution in [3.8, 4) is 0 Å². The van der Waals surface area contributed by atoms with E-state index in [9.17, 15) is 13.6 Å². The number of carboxylic acids is 1. The predicted molar refractivity (Wildman–Crippen MR) is 61.5 cm³/mol. The average Bonchev–Trinajstić information content (AvgIpc) is 2.75. The van der Waals surface area contributed by atoms with Crippen molar-refractivity contribution in [2.45, 2.75) is 12.8 Å². The van der Waals surface area contributed by atoms with Crippen LogP contribution in [0.25, 0.3) is 11.1 Å². The van der Waals surface area contributed by atoms with Crippen LogP contribution in [0, 0.1) is 0 Å². The molecule has 2 aromatic rings. The maximum Gasteiger partial charge on any atom is 0.335 e. The van der Waals surface area contributed by atoms with Gasteiger partial charge in [-0.05, 0) is 18.2 Å². The quantitative estimate of drug-likeness (QED) is 0.816. The van der Waals surface area contributed by atoms with Crippen molar-refractivity contribution in [1.82, 2.24) is 4.98 Å². The summed E-state index contributed by atoms with van der Waals surface area (Å²) < 4.78 is 33.7. The number of carbonyl (C=O) groups is 1. The molecule has 0 fully saturated rings. The minimum absolute atomic E-state index is 0.0724. The van der Waals surface area contributed by atoms with E-state index in [1.807, 2.05) is 0 Å². The maximum atomic E-state index is 11.8. The molecule has 1 aromatic heterocycles.